The molecule has 1 fully saturated rings. The Hall–Kier alpha value is -2.55. The van der Waals surface area contributed by atoms with E-state index in [0.29, 0.717) is 46.7 Å². The van der Waals surface area contributed by atoms with E-state index in [4.69, 9.17) is 32.7 Å². The average Bonchev–Trinajstić information content (AvgIpc) is 3.40. The molecule has 0 aliphatic carbocycles. The zero-order valence-corrected chi connectivity index (χ0v) is 19.7. The molecule has 0 saturated carbocycles. The second-order valence-electron chi connectivity index (χ2n) is 7.88. The minimum Gasteiger partial charge on any atom is -0.477 e. The maximum atomic E-state index is 12.4. The highest BCUT2D eigenvalue weighted by atomic mass is 35.5. The predicted octanol–water partition coefficient (Wildman–Crippen LogP) is 5.55. The van der Waals surface area contributed by atoms with Crippen LogP contribution < -0.4 is 0 Å². The van der Waals surface area contributed by atoms with Crippen LogP contribution in [0.2, 0.25) is 10.0 Å². The minimum atomic E-state index is -1.11. The standard InChI is InChI=1S/C23H25Cl2N3O5/c1-2-32-18(29)7-5-10-27-21-15(8-9-16(24)20(21)25)19(22(27)23(30)31)14-12-26-28(13-14)17-6-3-4-11-33-17/h8-9,12-13,17H,2-7,10-11H2,1H3,(H,30,31). The Morgan fingerprint density at radius 3 is 2.82 bits per heavy atom. The molecule has 176 valence electrons. The van der Waals surface area contributed by atoms with Crippen molar-refractivity contribution in [2.75, 3.05) is 13.2 Å². The van der Waals surface area contributed by atoms with Gasteiger partial charge in [0.15, 0.2) is 0 Å². The van der Waals surface area contributed by atoms with Crippen molar-refractivity contribution in [1.82, 2.24) is 14.3 Å². The van der Waals surface area contributed by atoms with Gasteiger partial charge in [-0.1, -0.05) is 29.3 Å². The van der Waals surface area contributed by atoms with E-state index >= 15 is 0 Å². The number of aromatic carboxylic acids is 1. The van der Waals surface area contributed by atoms with Crippen LogP contribution in [0, 0.1) is 0 Å². The summed E-state index contributed by atoms with van der Waals surface area (Å²) in [6, 6.07) is 3.42. The molecule has 1 atom stereocenters. The van der Waals surface area contributed by atoms with Gasteiger partial charge in [-0.25, -0.2) is 9.48 Å². The van der Waals surface area contributed by atoms with Crippen LogP contribution in [0.4, 0.5) is 0 Å². The van der Waals surface area contributed by atoms with Crippen LogP contribution in [0.5, 0.6) is 0 Å². The second kappa shape index (κ2) is 10.2. The van der Waals surface area contributed by atoms with E-state index in [-0.39, 0.29) is 35.9 Å². The van der Waals surface area contributed by atoms with Gasteiger partial charge in [0.25, 0.3) is 0 Å². The molecule has 8 nitrogen and oxygen atoms in total. The summed E-state index contributed by atoms with van der Waals surface area (Å²) in [7, 11) is 0. The molecule has 0 amide bonds. The van der Waals surface area contributed by atoms with Crippen molar-refractivity contribution in [1.29, 1.82) is 0 Å². The summed E-state index contributed by atoms with van der Waals surface area (Å²) in [6.45, 7) is 2.98. The van der Waals surface area contributed by atoms with Crippen molar-refractivity contribution in [2.45, 2.75) is 51.8 Å². The monoisotopic (exact) mass is 493 g/mol. The molecule has 3 aromatic rings. The van der Waals surface area contributed by atoms with Crippen molar-refractivity contribution >= 4 is 46.0 Å². The maximum Gasteiger partial charge on any atom is 0.353 e. The first-order chi connectivity index (χ1) is 15.9. The van der Waals surface area contributed by atoms with Gasteiger partial charge in [0, 0.05) is 42.3 Å². The van der Waals surface area contributed by atoms with Crippen LogP contribution in [-0.4, -0.2) is 44.6 Å². The van der Waals surface area contributed by atoms with Crippen LogP contribution in [-0.2, 0) is 20.8 Å². The summed E-state index contributed by atoms with van der Waals surface area (Å²) in [4.78, 5) is 24.2. The first-order valence-corrected chi connectivity index (χ1v) is 11.7. The molecule has 4 rings (SSSR count). The number of benzene rings is 1. The van der Waals surface area contributed by atoms with Crippen LogP contribution >= 0.6 is 23.2 Å². The molecule has 0 radical (unpaired) electrons. The highest BCUT2D eigenvalue weighted by Gasteiger charge is 2.27. The topological polar surface area (TPSA) is 95.6 Å². The molecule has 0 spiro atoms. The number of ether oxygens (including phenoxy) is 2. The van der Waals surface area contributed by atoms with Gasteiger partial charge in [-0.2, -0.15) is 5.10 Å². The van der Waals surface area contributed by atoms with Gasteiger partial charge in [-0.05, 0) is 38.7 Å². The fourth-order valence-electron chi connectivity index (χ4n) is 4.29. The molecule has 3 heterocycles. The van der Waals surface area contributed by atoms with Gasteiger partial charge in [0.05, 0.1) is 28.4 Å². The quantitative estimate of drug-likeness (QED) is 0.413. The smallest absolute Gasteiger partial charge is 0.353 e. The normalized spacial score (nSPS) is 16.3. The number of aromatic nitrogens is 3. The number of esters is 1. The molecular formula is C23H25Cl2N3O5. The fraction of sp³-hybridized carbons (Fsp3) is 0.435. The van der Waals surface area contributed by atoms with Crippen molar-refractivity contribution in [3.8, 4) is 11.1 Å². The number of fused-ring (bicyclic) bond motifs is 1. The van der Waals surface area contributed by atoms with E-state index in [2.05, 4.69) is 5.10 Å². The first kappa shape index (κ1) is 23.6. The van der Waals surface area contributed by atoms with E-state index in [1.165, 1.54) is 0 Å². The highest BCUT2D eigenvalue weighted by molar-refractivity contribution is 6.45. The van der Waals surface area contributed by atoms with Gasteiger partial charge in [0.1, 0.15) is 11.9 Å². The van der Waals surface area contributed by atoms with Crippen LogP contribution in [0.25, 0.3) is 22.0 Å². The number of carboxylic acid groups (broad SMARTS) is 1. The third-order valence-corrected chi connectivity index (χ3v) is 6.52. The fourth-order valence-corrected chi connectivity index (χ4v) is 4.71. The number of hydrogen-bond donors (Lipinski definition) is 1. The number of carbonyl (C=O) groups is 2. The Labute approximate surface area is 201 Å². The molecule has 1 aliphatic heterocycles. The van der Waals surface area contributed by atoms with Crippen LogP contribution in [0.1, 0.15) is 55.7 Å². The number of nitrogens with zero attached hydrogens (tertiary/aromatic N) is 3. The van der Waals surface area contributed by atoms with Gasteiger partial charge in [-0.15, -0.1) is 0 Å². The molecule has 1 saturated heterocycles. The van der Waals surface area contributed by atoms with Gasteiger partial charge >= 0.3 is 11.9 Å². The molecule has 0 bridgehead atoms. The van der Waals surface area contributed by atoms with Crippen molar-refractivity contribution in [2.24, 2.45) is 0 Å². The summed E-state index contributed by atoms with van der Waals surface area (Å²) < 4.78 is 14.2. The Morgan fingerprint density at radius 1 is 1.30 bits per heavy atom. The SMILES string of the molecule is CCOC(=O)CCCn1c(C(=O)O)c(-c2cnn(C3CCCCO3)c2)c2ccc(Cl)c(Cl)c21. The Kier molecular flexibility index (Phi) is 7.26. The molecule has 1 aliphatic rings. The lowest BCUT2D eigenvalue weighted by Gasteiger charge is -2.22. The summed E-state index contributed by atoms with van der Waals surface area (Å²) in [6.07, 6.45) is 6.76. The lowest BCUT2D eigenvalue weighted by Crippen LogP contribution is -2.18. The highest BCUT2D eigenvalue weighted by Crippen LogP contribution is 2.41. The third-order valence-electron chi connectivity index (χ3n) is 5.73. The first-order valence-electron chi connectivity index (χ1n) is 11.0. The summed E-state index contributed by atoms with van der Waals surface area (Å²) in [5.74, 6) is -1.44. The lowest BCUT2D eigenvalue weighted by molar-refractivity contribution is -0.143. The van der Waals surface area contributed by atoms with Crippen molar-refractivity contribution in [3.63, 3.8) is 0 Å². The molecule has 2 aromatic heterocycles. The molecule has 1 aromatic carbocycles. The number of rotatable bonds is 8. The Bertz CT molecular complexity index is 1180. The zero-order chi connectivity index (χ0) is 23.5. The third kappa shape index (κ3) is 4.74. The van der Waals surface area contributed by atoms with E-state index < -0.39 is 5.97 Å². The van der Waals surface area contributed by atoms with Crippen LogP contribution in [0.3, 0.4) is 0 Å². The summed E-state index contributed by atoms with van der Waals surface area (Å²) >= 11 is 12.8. The largest absolute Gasteiger partial charge is 0.477 e. The molecule has 1 N–H and O–H groups in total. The Morgan fingerprint density at radius 2 is 2.12 bits per heavy atom. The van der Waals surface area contributed by atoms with Crippen LogP contribution in [0.15, 0.2) is 24.5 Å². The average molecular weight is 494 g/mol. The molecular weight excluding hydrogens is 469 g/mol. The summed E-state index contributed by atoms with van der Waals surface area (Å²) in [5.41, 5.74) is 1.74. The number of carboxylic acids is 1. The molecule has 1 unspecified atom stereocenters. The lowest BCUT2D eigenvalue weighted by atomic mass is 10.1. The minimum absolute atomic E-state index is 0.0714. The van der Waals surface area contributed by atoms with Gasteiger partial charge < -0.3 is 19.1 Å². The predicted molar refractivity (Wildman–Crippen MR) is 125 cm³/mol. The van der Waals surface area contributed by atoms with E-state index in [9.17, 15) is 14.7 Å². The second-order valence-corrected chi connectivity index (χ2v) is 8.66. The van der Waals surface area contributed by atoms with E-state index in [1.54, 1.807) is 34.5 Å². The number of carbonyl (C=O) groups excluding carboxylic acids is 1. The van der Waals surface area contributed by atoms with Gasteiger partial charge in [-0.3, -0.25) is 4.79 Å². The zero-order valence-electron chi connectivity index (χ0n) is 18.2. The van der Waals surface area contributed by atoms with Crippen molar-refractivity contribution in [3.05, 3.63) is 40.3 Å². The summed E-state index contributed by atoms with van der Waals surface area (Å²) in [5, 5.41) is 15.9. The number of halogens is 2. The number of hydrogen-bond acceptors (Lipinski definition) is 5. The maximum absolute atomic E-state index is 12.4. The molecule has 33 heavy (non-hydrogen) atoms. The van der Waals surface area contributed by atoms with Crippen molar-refractivity contribution < 1.29 is 24.2 Å². The molecule has 10 heteroatoms. The Balaban J connectivity index is 1.80. The van der Waals surface area contributed by atoms with E-state index in [1.807, 2.05) is 6.20 Å². The van der Waals surface area contributed by atoms with E-state index in [0.717, 1.165) is 19.3 Å². The van der Waals surface area contributed by atoms with Gasteiger partial charge in [0.2, 0.25) is 0 Å². The number of aryl methyl sites for hydroxylation is 1.